The molecule has 0 aromatic heterocycles. The van der Waals surface area contributed by atoms with Crippen molar-refractivity contribution in [2.24, 2.45) is 11.8 Å². The van der Waals surface area contributed by atoms with Gasteiger partial charge in [0.2, 0.25) is 0 Å². The van der Waals surface area contributed by atoms with Crippen LogP contribution < -0.4 is 0 Å². The van der Waals surface area contributed by atoms with Gasteiger partial charge in [0.25, 0.3) is 0 Å². The Balaban J connectivity index is 2.30. The first-order valence-corrected chi connectivity index (χ1v) is 11.8. The average Bonchev–Trinajstić information content (AvgIpc) is 2.83. The Morgan fingerprint density at radius 2 is 1.55 bits per heavy atom. The van der Waals surface area contributed by atoms with Gasteiger partial charge in [-0.1, -0.05) is 107 Å². The minimum absolute atomic E-state index is 0.367. The number of ether oxygens (including phenoxy) is 1. The maximum Gasteiger partial charge on any atom is 0.323 e. The molecule has 2 rings (SSSR count). The standard InChI is InChI=1S/C28H37NO2/c1-4-7-14-23(6-3)22-31-27(30)24(21-29)20-28(19-5-2,25-15-10-8-11-16-25)26-17-12-9-13-18-26/h8-13,15-18,23-24H,4-7,14,19-20,22H2,1-3H3. The molecule has 2 aromatic rings. The highest BCUT2D eigenvalue weighted by Gasteiger charge is 2.38. The van der Waals surface area contributed by atoms with Crippen molar-refractivity contribution in [3.8, 4) is 6.07 Å². The predicted octanol–water partition coefficient (Wildman–Crippen LogP) is 7.06. The Morgan fingerprint density at radius 1 is 0.968 bits per heavy atom. The summed E-state index contributed by atoms with van der Waals surface area (Å²) in [5.74, 6) is -0.813. The number of unbranched alkanes of at least 4 members (excludes halogenated alkanes) is 1. The van der Waals surface area contributed by atoms with Gasteiger partial charge in [-0.25, -0.2) is 0 Å². The van der Waals surface area contributed by atoms with E-state index in [0.29, 0.717) is 18.9 Å². The number of hydrogen-bond acceptors (Lipinski definition) is 3. The molecule has 0 spiro atoms. The van der Waals surface area contributed by atoms with Crippen LogP contribution in [-0.2, 0) is 14.9 Å². The Hall–Kier alpha value is -2.60. The largest absolute Gasteiger partial charge is 0.464 e. The van der Waals surface area contributed by atoms with Crippen LogP contribution in [0.3, 0.4) is 0 Å². The van der Waals surface area contributed by atoms with E-state index in [0.717, 1.165) is 49.7 Å². The van der Waals surface area contributed by atoms with Crippen molar-refractivity contribution in [1.82, 2.24) is 0 Å². The molecule has 0 bridgehead atoms. The number of rotatable bonds is 13. The van der Waals surface area contributed by atoms with Crippen molar-refractivity contribution in [3.63, 3.8) is 0 Å². The Bertz CT molecular complexity index is 770. The number of nitriles is 1. The van der Waals surface area contributed by atoms with E-state index in [-0.39, 0.29) is 5.97 Å². The van der Waals surface area contributed by atoms with Crippen molar-refractivity contribution >= 4 is 5.97 Å². The number of hydrogen-bond donors (Lipinski definition) is 0. The van der Waals surface area contributed by atoms with Crippen molar-refractivity contribution in [2.75, 3.05) is 6.61 Å². The van der Waals surface area contributed by atoms with E-state index in [4.69, 9.17) is 4.74 Å². The summed E-state index contributed by atoms with van der Waals surface area (Å²) in [5, 5.41) is 9.93. The minimum atomic E-state index is -0.796. The molecular formula is C28H37NO2. The molecule has 2 aromatic carbocycles. The molecule has 2 unspecified atom stereocenters. The van der Waals surface area contributed by atoms with Crippen LogP contribution in [0.15, 0.2) is 60.7 Å². The van der Waals surface area contributed by atoms with Crippen LogP contribution in [0.1, 0.15) is 76.8 Å². The summed E-state index contributed by atoms with van der Waals surface area (Å²) >= 11 is 0. The summed E-state index contributed by atoms with van der Waals surface area (Å²) < 4.78 is 5.68. The summed E-state index contributed by atoms with van der Waals surface area (Å²) in [7, 11) is 0. The van der Waals surface area contributed by atoms with Crippen LogP contribution in [0.2, 0.25) is 0 Å². The summed E-state index contributed by atoms with van der Waals surface area (Å²) in [5.41, 5.74) is 1.89. The van der Waals surface area contributed by atoms with E-state index in [1.807, 2.05) is 36.4 Å². The fourth-order valence-electron chi connectivity index (χ4n) is 4.46. The highest BCUT2D eigenvalue weighted by molar-refractivity contribution is 5.75. The SMILES string of the molecule is CCCCC(CC)COC(=O)C(C#N)CC(CCC)(c1ccccc1)c1ccccc1. The summed E-state index contributed by atoms with van der Waals surface area (Å²) in [6.07, 6.45) is 6.56. The normalized spacial score (nSPS) is 13.2. The van der Waals surface area contributed by atoms with E-state index >= 15 is 0 Å². The van der Waals surface area contributed by atoms with Crippen LogP contribution in [-0.4, -0.2) is 12.6 Å². The van der Waals surface area contributed by atoms with Gasteiger partial charge in [-0.3, -0.25) is 4.79 Å². The van der Waals surface area contributed by atoms with Gasteiger partial charge in [0.15, 0.2) is 0 Å². The second-order valence-corrected chi connectivity index (χ2v) is 8.50. The lowest BCUT2D eigenvalue weighted by Gasteiger charge is -2.36. The molecule has 0 aliphatic rings. The predicted molar refractivity (Wildman–Crippen MR) is 127 cm³/mol. The van der Waals surface area contributed by atoms with E-state index in [1.54, 1.807) is 0 Å². The third kappa shape index (κ3) is 6.69. The summed E-state index contributed by atoms with van der Waals surface area (Å²) in [4.78, 5) is 13.0. The monoisotopic (exact) mass is 419 g/mol. The van der Waals surface area contributed by atoms with E-state index < -0.39 is 11.3 Å². The molecule has 0 fully saturated rings. The molecule has 166 valence electrons. The van der Waals surface area contributed by atoms with Crippen LogP contribution in [0, 0.1) is 23.2 Å². The zero-order valence-corrected chi connectivity index (χ0v) is 19.3. The minimum Gasteiger partial charge on any atom is -0.464 e. The lowest BCUT2D eigenvalue weighted by atomic mass is 9.66. The number of esters is 1. The molecule has 2 atom stereocenters. The lowest BCUT2D eigenvalue weighted by Crippen LogP contribution is -2.33. The van der Waals surface area contributed by atoms with Gasteiger partial charge in [-0.15, -0.1) is 0 Å². The Kier molecular flexibility index (Phi) is 10.3. The topological polar surface area (TPSA) is 50.1 Å². The quantitative estimate of drug-likeness (QED) is 0.326. The molecular weight excluding hydrogens is 382 g/mol. The van der Waals surface area contributed by atoms with Gasteiger partial charge in [0.1, 0.15) is 5.92 Å². The molecule has 0 saturated heterocycles. The Labute approximate surface area is 188 Å². The number of carbonyl (C=O) groups excluding carboxylic acids is 1. The molecule has 0 aliphatic carbocycles. The van der Waals surface area contributed by atoms with Gasteiger partial charge < -0.3 is 4.74 Å². The first kappa shape index (κ1) is 24.7. The molecule has 0 radical (unpaired) electrons. The third-order valence-corrected chi connectivity index (χ3v) is 6.33. The lowest BCUT2D eigenvalue weighted by molar-refractivity contribution is -0.148. The summed E-state index contributed by atoms with van der Waals surface area (Å²) in [6, 6.07) is 22.8. The highest BCUT2D eigenvalue weighted by atomic mass is 16.5. The molecule has 0 aliphatic heterocycles. The fourth-order valence-corrected chi connectivity index (χ4v) is 4.46. The van der Waals surface area contributed by atoms with Gasteiger partial charge in [-0.05, 0) is 36.3 Å². The van der Waals surface area contributed by atoms with Crippen molar-refractivity contribution in [3.05, 3.63) is 71.8 Å². The smallest absolute Gasteiger partial charge is 0.323 e. The van der Waals surface area contributed by atoms with Crippen molar-refractivity contribution in [1.29, 1.82) is 5.26 Å². The number of benzene rings is 2. The second-order valence-electron chi connectivity index (χ2n) is 8.50. The van der Waals surface area contributed by atoms with E-state index in [1.165, 1.54) is 0 Å². The number of carbonyl (C=O) groups is 1. The third-order valence-electron chi connectivity index (χ3n) is 6.33. The van der Waals surface area contributed by atoms with Gasteiger partial charge in [0.05, 0.1) is 12.7 Å². The number of nitrogens with zero attached hydrogens (tertiary/aromatic N) is 1. The molecule has 0 N–H and O–H groups in total. The maximum absolute atomic E-state index is 13.0. The molecule has 3 heteroatoms. The molecule has 0 amide bonds. The van der Waals surface area contributed by atoms with E-state index in [2.05, 4.69) is 51.1 Å². The van der Waals surface area contributed by atoms with Gasteiger partial charge >= 0.3 is 5.97 Å². The van der Waals surface area contributed by atoms with Crippen LogP contribution >= 0.6 is 0 Å². The zero-order chi connectivity index (χ0) is 22.5. The van der Waals surface area contributed by atoms with E-state index in [9.17, 15) is 10.1 Å². The second kappa shape index (κ2) is 13.0. The Morgan fingerprint density at radius 3 is 2.00 bits per heavy atom. The van der Waals surface area contributed by atoms with Crippen molar-refractivity contribution < 1.29 is 9.53 Å². The first-order valence-electron chi connectivity index (χ1n) is 11.8. The van der Waals surface area contributed by atoms with Crippen LogP contribution in [0.25, 0.3) is 0 Å². The van der Waals surface area contributed by atoms with Crippen molar-refractivity contribution in [2.45, 2.75) is 71.1 Å². The average molecular weight is 420 g/mol. The molecule has 3 nitrogen and oxygen atoms in total. The van der Waals surface area contributed by atoms with Gasteiger partial charge in [-0.2, -0.15) is 5.26 Å². The van der Waals surface area contributed by atoms with Crippen LogP contribution in [0.4, 0.5) is 0 Å². The van der Waals surface area contributed by atoms with Crippen LogP contribution in [0.5, 0.6) is 0 Å². The summed E-state index contributed by atoms with van der Waals surface area (Å²) in [6.45, 7) is 6.86. The molecule has 0 saturated carbocycles. The highest BCUT2D eigenvalue weighted by Crippen LogP contribution is 2.42. The van der Waals surface area contributed by atoms with Gasteiger partial charge in [0, 0.05) is 5.41 Å². The molecule has 0 heterocycles. The molecule has 31 heavy (non-hydrogen) atoms. The maximum atomic E-state index is 13.0. The fraction of sp³-hybridized carbons (Fsp3) is 0.500. The zero-order valence-electron chi connectivity index (χ0n) is 19.3. The first-order chi connectivity index (χ1) is 15.1.